The number of rotatable bonds is 1. The number of nitrogens with one attached hydrogen (secondary N) is 1. The number of nitrogens with zero attached hydrogens (tertiary/aromatic N) is 4. The van der Waals surface area contributed by atoms with Gasteiger partial charge in [0, 0.05) is 0 Å². The molecule has 8 heteroatoms. The molecule has 0 radical (unpaired) electrons. The second-order valence-electron chi connectivity index (χ2n) is 2.35. The molecule has 0 aliphatic heterocycles. The molecule has 7 nitrogen and oxygen atoms in total. The van der Waals surface area contributed by atoms with Gasteiger partial charge in [0.1, 0.15) is 0 Å². The zero-order chi connectivity index (χ0) is 10.1. The van der Waals surface area contributed by atoms with Crippen LogP contribution in [0.3, 0.4) is 0 Å². The molecule has 0 aliphatic carbocycles. The molecule has 0 amide bonds. The van der Waals surface area contributed by atoms with Crippen LogP contribution in [0.15, 0.2) is 11.1 Å². The van der Waals surface area contributed by atoms with E-state index in [1.165, 1.54) is 10.3 Å². The minimum absolute atomic E-state index is 0.0406. The van der Waals surface area contributed by atoms with Gasteiger partial charge >= 0.3 is 5.56 Å². The molecule has 2 aromatic rings. The third kappa shape index (κ3) is 1.11. The van der Waals surface area contributed by atoms with E-state index in [4.69, 9.17) is 11.0 Å². The lowest BCUT2D eigenvalue weighted by Gasteiger charge is -2.02. The molecule has 0 spiro atoms. The number of hydrogen-bond acceptors (Lipinski definition) is 6. The molecule has 70 valence electrons. The summed E-state index contributed by atoms with van der Waals surface area (Å²) in [5.41, 5.74) is 5.53. The Bertz CT molecular complexity index is 578. The SMILES string of the molecule is N#CSn1c(N)nc(=O)c2[nH]cnc21. The Labute approximate surface area is 81.7 Å². The Hall–Kier alpha value is -2.01. The van der Waals surface area contributed by atoms with Crippen molar-refractivity contribution in [3.05, 3.63) is 16.7 Å². The number of nitrogen functional groups attached to an aromatic ring is 1. The number of H-pyrrole nitrogens is 1. The zero-order valence-electron chi connectivity index (χ0n) is 6.76. The third-order valence-corrected chi connectivity index (χ3v) is 2.21. The van der Waals surface area contributed by atoms with Crippen molar-refractivity contribution in [1.82, 2.24) is 18.9 Å². The van der Waals surface area contributed by atoms with E-state index in [-0.39, 0.29) is 11.5 Å². The van der Waals surface area contributed by atoms with Crippen LogP contribution in [0.2, 0.25) is 0 Å². The van der Waals surface area contributed by atoms with Gasteiger partial charge in [-0.15, -0.1) is 0 Å². The van der Waals surface area contributed by atoms with E-state index in [9.17, 15) is 4.79 Å². The van der Waals surface area contributed by atoms with Gasteiger partial charge in [0.05, 0.1) is 18.3 Å². The van der Waals surface area contributed by atoms with Crippen molar-refractivity contribution in [2.24, 2.45) is 0 Å². The largest absolute Gasteiger partial charge is 0.368 e. The summed E-state index contributed by atoms with van der Waals surface area (Å²) in [4.78, 5) is 21.3. The summed E-state index contributed by atoms with van der Waals surface area (Å²) in [6.07, 6.45) is 1.35. The van der Waals surface area contributed by atoms with Crippen LogP contribution in [0.25, 0.3) is 11.2 Å². The number of nitrogens with two attached hydrogens (primary N) is 1. The summed E-state index contributed by atoms with van der Waals surface area (Å²) in [6.45, 7) is 0. The van der Waals surface area contributed by atoms with Crippen LogP contribution in [0.5, 0.6) is 0 Å². The lowest BCUT2D eigenvalue weighted by atomic mass is 10.5. The quantitative estimate of drug-likeness (QED) is 0.621. The highest BCUT2D eigenvalue weighted by molar-refractivity contribution is 8.02. The number of nitriles is 1. The van der Waals surface area contributed by atoms with Gasteiger partial charge in [0.15, 0.2) is 16.6 Å². The first-order chi connectivity index (χ1) is 6.74. The number of fused-ring (bicyclic) bond motifs is 1. The van der Waals surface area contributed by atoms with Crippen LogP contribution in [0.1, 0.15) is 0 Å². The first-order valence-corrected chi connectivity index (χ1v) is 4.29. The average Bonchev–Trinajstić information content (AvgIpc) is 2.60. The standard InChI is InChI=1S/C6H4N6OS/c7-1-14-12-4-3(9-2-10-4)5(13)11-6(12)8/h2H,(H,9,10)(H2,8,11,13). The van der Waals surface area contributed by atoms with E-state index in [1.807, 2.05) is 5.40 Å². The first kappa shape index (κ1) is 8.58. The Balaban J connectivity index is 2.88. The molecule has 0 aliphatic rings. The number of aromatic amines is 1. The van der Waals surface area contributed by atoms with Gasteiger partial charge in [-0.05, 0) is 0 Å². The van der Waals surface area contributed by atoms with E-state index in [1.54, 1.807) is 0 Å². The molecule has 0 aromatic carbocycles. The molecule has 0 atom stereocenters. The molecule has 0 saturated carbocycles. The van der Waals surface area contributed by atoms with E-state index in [0.29, 0.717) is 5.65 Å². The van der Waals surface area contributed by atoms with Gasteiger partial charge < -0.3 is 10.7 Å². The number of hydrogen-bond donors (Lipinski definition) is 2. The van der Waals surface area contributed by atoms with Crippen LogP contribution >= 0.6 is 11.9 Å². The predicted molar refractivity (Wildman–Crippen MR) is 51.2 cm³/mol. The van der Waals surface area contributed by atoms with Crippen molar-refractivity contribution in [3.8, 4) is 5.40 Å². The predicted octanol–water partition coefficient (Wildman–Crippen LogP) is -0.321. The van der Waals surface area contributed by atoms with Gasteiger partial charge in [-0.1, -0.05) is 0 Å². The number of thiocyanates is 1. The number of imidazole rings is 1. The van der Waals surface area contributed by atoms with Crippen LogP contribution in [-0.4, -0.2) is 18.9 Å². The maximum Gasteiger partial charge on any atom is 0.300 e. The molecule has 0 fully saturated rings. The molecule has 2 aromatic heterocycles. The maximum absolute atomic E-state index is 11.2. The Morgan fingerprint density at radius 2 is 2.50 bits per heavy atom. The Morgan fingerprint density at radius 1 is 1.71 bits per heavy atom. The number of aromatic nitrogens is 4. The molecule has 3 N–H and O–H groups in total. The molecule has 0 saturated heterocycles. The van der Waals surface area contributed by atoms with E-state index < -0.39 is 5.56 Å². The summed E-state index contributed by atoms with van der Waals surface area (Å²) in [5, 5.41) is 10.3. The molecular formula is C6H4N6OS. The second kappa shape index (κ2) is 3.04. The summed E-state index contributed by atoms with van der Waals surface area (Å²) in [5.74, 6) is -0.0406. The molecule has 14 heavy (non-hydrogen) atoms. The highest BCUT2D eigenvalue weighted by atomic mass is 32.2. The topological polar surface area (TPSA) is 113 Å². The summed E-state index contributed by atoms with van der Waals surface area (Å²) < 4.78 is 1.28. The summed E-state index contributed by atoms with van der Waals surface area (Å²) >= 11 is 0.758. The minimum Gasteiger partial charge on any atom is -0.368 e. The third-order valence-electron chi connectivity index (χ3n) is 1.58. The maximum atomic E-state index is 11.2. The van der Waals surface area contributed by atoms with Crippen molar-refractivity contribution in [3.63, 3.8) is 0 Å². The fourth-order valence-electron chi connectivity index (χ4n) is 1.04. The number of anilines is 1. The molecule has 2 heterocycles. The zero-order valence-corrected chi connectivity index (χ0v) is 7.58. The first-order valence-electron chi connectivity index (χ1n) is 3.52. The van der Waals surface area contributed by atoms with Gasteiger partial charge in [-0.25, -0.2) is 8.96 Å². The highest BCUT2D eigenvalue weighted by Crippen LogP contribution is 2.15. The molecule has 2 rings (SSSR count). The highest BCUT2D eigenvalue weighted by Gasteiger charge is 2.10. The van der Waals surface area contributed by atoms with Crippen molar-refractivity contribution in [2.45, 2.75) is 0 Å². The van der Waals surface area contributed by atoms with Gasteiger partial charge in [0.25, 0.3) is 0 Å². The van der Waals surface area contributed by atoms with Crippen molar-refractivity contribution >= 4 is 29.1 Å². The lowest BCUT2D eigenvalue weighted by Crippen LogP contribution is -2.15. The molecule has 0 bridgehead atoms. The average molecular weight is 208 g/mol. The van der Waals surface area contributed by atoms with Crippen LogP contribution in [0.4, 0.5) is 5.95 Å². The van der Waals surface area contributed by atoms with E-state index in [0.717, 1.165) is 11.9 Å². The van der Waals surface area contributed by atoms with Crippen molar-refractivity contribution in [1.29, 1.82) is 5.26 Å². The summed E-state index contributed by atoms with van der Waals surface area (Å²) in [7, 11) is 0. The van der Waals surface area contributed by atoms with E-state index in [2.05, 4.69) is 15.0 Å². The van der Waals surface area contributed by atoms with Gasteiger partial charge in [-0.2, -0.15) is 10.2 Å². The Morgan fingerprint density at radius 3 is 3.21 bits per heavy atom. The van der Waals surface area contributed by atoms with Crippen LogP contribution < -0.4 is 11.3 Å². The fraction of sp³-hybridized carbons (Fsp3) is 0. The van der Waals surface area contributed by atoms with Crippen molar-refractivity contribution in [2.75, 3.05) is 5.73 Å². The monoisotopic (exact) mass is 208 g/mol. The van der Waals surface area contributed by atoms with Gasteiger partial charge in [0.2, 0.25) is 5.95 Å². The van der Waals surface area contributed by atoms with Crippen molar-refractivity contribution < 1.29 is 0 Å². The normalized spacial score (nSPS) is 10.2. The fourth-order valence-corrected chi connectivity index (χ4v) is 1.48. The van der Waals surface area contributed by atoms with Crippen LogP contribution in [-0.2, 0) is 0 Å². The summed E-state index contributed by atoms with van der Waals surface area (Å²) in [6, 6.07) is 0. The second-order valence-corrected chi connectivity index (χ2v) is 3.08. The molecular weight excluding hydrogens is 204 g/mol. The minimum atomic E-state index is -0.482. The lowest BCUT2D eigenvalue weighted by molar-refractivity contribution is 1.13. The van der Waals surface area contributed by atoms with E-state index >= 15 is 0 Å². The Kier molecular flexibility index (Phi) is 1.86. The van der Waals surface area contributed by atoms with Crippen LogP contribution in [0, 0.1) is 10.7 Å². The van der Waals surface area contributed by atoms with Gasteiger partial charge in [-0.3, -0.25) is 4.79 Å². The smallest absolute Gasteiger partial charge is 0.300 e. The molecule has 0 unspecified atom stereocenters.